The molecular weight excluding hydrogens is 650 g/mol. The Morgan fingerprint density at radius 1 is 1.02 bits per heavy atom. The summed E-state index contributed by atoms with van der Waals surface area (Å²) in [5.41, 5.74) is -2.81. The van der Waals surface area contributed by atoms with Crippen molar-refractivity contribution in [2.24, 2.45) is 11.3 Å². The first-order valence-electron chi connectivity index (χ1n) is 14.6. The summed E-state index contributed by atoms with van der Waals surface area (Å²) in [6.45, 7) is 13.9. The summed E-state index contributed by atoms with van der Waals surface area (Å²) in [6.07, 6.45) is -4.05. The maximum atomic E-state index is 13.3. The second-order valence-corrected chi connectivity index (χ2v) is 16.7. The summed E-state index contributed by atoms with van der Waals surface area (Å²) >= 11 is 6.57. The van der Waals surface area contributed by atoms with E-state index < -0.39 is 53.1 Å². The molecule has 0 heterocycles. The van der Waals surface area contributed by atoms with Crippen LogP contribution in [0.1, 0.15) is 79.4 Å². The number of hydrogen-bond acceptors (Lipinski definition) is 5. The van der Waals surface area contributed by atoms with Crippen LogP contribution >= 0.6 is 19.2 Å². The highest BCUT2D eigenvalue weighted by Crippen LogP contribution is 2.59. The van der Waals surface area contributed by atoms with Crippen LogP contribution in [0.3, 0.4) is 0 Å². The zero-order chi connectivity index (χ0) is 34.6. The lowest BCUT2D eigenvalue weighted by atomic mass is 9.61. The molecule has 8 nitrogen and oxygen atoms in total. The molecule has 2 aromatic carbocycles. The van der Waals surface area contributed by atoms with Crippen LogP contribution in [-0.4, -0.2) is 49.3 Å². The van der Waals surface area contributed by atoms with Crippen LogP contribution in [0.15, 0.2) is 42.5 Å². The van der Waals surface area contributed by atoms with Crippen molar-refractivity contribution in [1.82, 2.24) is 5.32 Å². The van der Waals surface area contributed by atoms with Crippen molar-refractivity contribution in [3.63, 3.8) is 0 Å². The Balaban J connectivity index is 2.42. The van der Waals surface area contributed by atoms with Gasteiger partial charge >= 0.3 is 19.9 Å². The molecule has 1 amide bonds. The van der Waals surface area contributed by atoms with E-state index in [1.165, 1.54) is 25.1 Å². The van der Waals surface area contributed by atoms with Crippen LogP contribution in [0, 0.1) is 11.3 Å². The minimum atomic E-state index is -4.75. The Morgan fingerprint density at radius 2 is 1.62 bits per heavy atom. The molecule has 3 unspecified atom stereocenters. The van der Waals surface area contributed by atoms with E-state index in [4.69, 9.17) is 25.5 Å². The van der Waals surface area contributed by atoms with Gasteiger partial charge in [-0.05, 0) is 94.2 Å². The molecule has 3 N–H and O–H groups in total. The van der Waals surface area contributed by atoms with Crippen molar-refractivity contribution < 1.29 is 46.2 Å². The van der Waals surface area contributed by atoms with Crippen LogP contribution in [-0.2, 0) is 26.3 Å². The first-order chi connectivity index (χ1) is 20.4. The van der Waals surface area contributed by atoms with Crippen molar-refractivity contribution in [1.29, 1.82) is 0 Å². The molecule has 0 aliphatic rings. The molecule has 0 bridgehead atoms. The first-order valence-corrected chi connectivity index (χ1v) is 17.4. The van der Waals surface area contributed by atoms with Gasteiger partial charge in [-0.2, -0.15) is 13.2 Å². The van der Waals surface area contributed by atoms with Crippen LogP contribution in [0.5, 0.6) is 11.5 Å². The molecule has 254 valence electrons. The summed E-state index contributed by atoms with van der Waals surface area (Å²) in [6, 6.07) is 9.37. The molecule has 0 aliphatic carbocycles. The summed E-state index contributed by atoms with van der Waals surface area (Å²) < 4.78 is 68.9. The van der Waals surface area contributed by atoms with E-state index in [0.29, 0.717) is 24.3 Å². The van der Waals surface area contributed by atoms with E-state index >= 15 is 0 Å². The molecule has 0 saturated carbocycles. The van der Waals surface area contributed by atoms with E-state index in [1.807, 2.05) is 20.8 Å². The molecule has 45 heavy (non-hydrogen) atoms. The second-order valence-electron chi connectivity index (χ2n) is 13.6. The smallest absolute Gasteiger partial charge is 0.416 e. The van der Waals surface area contributed by atoms with Gasteiger partial charge in [0.25, 0.3) is 0 Å². The van der Waals surface area contributed by atoms with Gasteiger partial charge in [-0.1, -0.05) is 51.4 Å². The van der Waals surface area contributed by atoms with E-state index in [0.717, 1.165) is 17.7 Å². The van der Waals surface area contributed by atoms with Gasteiger partial charge in [0.1, 0.15) is 27.6 Å². The number of amides is 1. The zero-order valence-corrected chi connectivity index (χ0v) is 31.0. The van der Waals surface area contributed by atoms with Gasteiger partial charge in [-0.15, -0.1) is 0 Å². The fourth-order valence-corrected chi connectivity index (χ4v) is 7.72. The third-order valence-electron chi connectivity index (χ3n) is 8.28. The third kappa shape index (κ3) is 9.95. The minimum absolute atomic E-state index is 0.0117. The Morgan fingerprint density at radius 3 is 2.11 bits per heavy atom. The minimum Gasteiger partial charge on any atom is -0.457 e. The standard InChI is InChI=1S/C31H46ClF3NO7PSi/c1-20(29(8,19-41-45)44(38,39)40)30(27(2,3)4,36-26(37)43-28(5,6)7)16-10-11-21-14-15-24(18-25(21)32)42-23-13-9-12-22(17-23)31(33,34)35/h9,12-15,17-18,20H,10-11,16,19H2,1-8,45H3,(H,36,37)(H2,38,39,40). The highest BCUT2D eigenvalue weighted by atomic mass is 35.5. The van der Waals surface area contributed by atoms with Crippen LogP contribution in [0.25, 0.3) is 0 Å². The molecule has 0 saturated heterocycles. The average molecular weight is 696 g/mol. The first kappa shape index (κ1) is 39.1. The number of benzene rings is 2. The topological polar surface area (TPSA) is 114 Å². The Bertz CT molecular complexity index is 1380. The maximum Gasteiger partial charge on any atom is 0.416 e. The fourth-order valence-electron chi connectivity index (χ4n) is 5.59. The second kappa shape index (κ2) is 14.4. The normalized spacial score (nSPS) is 16.4. The summed E-state index contributed by atoms with van der Waals surface area (Å²) in [5.74, 6) is -0.517. The lowest BCUT2D eigenvalue weighted by molar-refractivity contribution is -0.137. The predicted molar refractivity (Wildman–Crippen MR) is 173 cm³/mol. The quantitative estimate of drug-likeness (QED) is 0.154. The highest BCUT2D eigenvalue weighted by Gasteiger charge is 2.59. The van der Waals surface area contributed by atoms with Crippen LogP contribution in [0.2, 0.25) is 5.02 Å². The third-order valence-corrected chi connectivity index (χ3v) is 10.8. The number of hydrogen-bond donors (Lipinski definition) is 3. The number of alkyl halides is 3. The molecule has 0 aliphatic heterocycles. The van der Waals surface area contributed by atoms with Gasteiger partial charge in [0.2, 0.25) is 0 Å². The van der Waals surface area contributed by atoms with Crippen molar-refractivity contribution in [3.05, 3.63) is 58.6 Å². The molecule has 0 spiro atoms. The average Bonchev–Trinajstić information content (AvgIpc) is 2.86. The predicted octanol–water partition coefficient (Wildman–Crippen LogP) is 7.65. The number of halogens is 4. The van der Waals surface area contributed by atoms with E-state index in [-0.39, 0.29) is 28.6 Å². The van der Waals surface area contributed by atoms with Crippen LogP contribution in [0.4, 0.5) is 18.0 Å². The van der Waals surface area contributed by atoms with Crippen molar-refractivity contribution >= 4 is 35.8 Å². The Kier molecular flexibility index (Phi) is 12.5. The number of ether oxygens (including phenoxy) is 2. The van der Waals surface area contributed by atoms with E-state index in [1.54, 1.807) is 39.8 Å². The lowest BCUT2D eigenvalue weighted by Crippen LogP contribution is -2.66. The highest BCUT2D eigenvalue weighted by molar-refractivity contribution is 7.53. The lowest BCUT2D eigenvalue weighted by Gasteiger charge is -2.54. The van der Waals surface area contributed by atoms with Gasteiger partial charge in [0.15, 0.2) is 0 Å². The van der Waals surface area contributed by atoms with Gasteiger partial charge in [0.05, 0.1) is 16.3 Å². The monoisotopic (exact) mass is 695 g/mol. The summed E-state index contributed by atoms with van der Waals surface area (Å²) in [7, 11) is -4.49. The zero-order valence-electron chi connectivity index (χ0n) is 27.3. The molecule has 14 heteroatoms. The molecule has 2 rings (SSSR count). The maximum absolute atomic E-state index is 13.3. The fraction of sp³-hybridized carbons (Fsp3) is 0.581. The molecule has 3 atom stereocenters. The molecule has 0 radical (unpaired) electrons. The van der Waals surface area contributed by atoms with Gasteiger partial charge in [-0.3, -0.25) is 4.57 Å². The van der Waals surface area contributed by atoms with Gasteiger partial charge in [0, 0.05) is 11.6 Å². The van der Waals surface area contributed by atoms with Crippen molar-refractivity contribution in [2.75, 3.05) is 6.61 Å². The van der Waals surface area contributed by atoms with E-state index in [2.05, 4.69) is 5.32 Å². The molecule has 2 aromatic rings. The largest absolute Gasteiger partial charge is 0.457 e. The number of alkyl carbamates (subject to hydrolysis) is 1. The Hall–Kier alpha value is -2.08. The van der Waals surface area contributed by atoms with Crippen molar-refractivity contribution in [2.45, 2.75) is 97.1 Å². The van der Waals surface area contributed by atoms with E-state index in [9.17, 15) is 32.3 Å². The van der Waals surface area contributed by atoms with Crippen molar-refractivity contribution in [3.8, 4) is 11.5 Å². The molecular formula is C31H46ClF3NO7PSi. The summed E-state index contributed by atoms with van der Waals surface area (Å²) in [4.78, 5) is 34.3. The number of nitrogens with one attached hydrogen (secondary N) is 1. The number of aryl methyl sites for hydroxylation is 1. The molecule has 0 aromatic heterocycles. The number of rotatable bonds is 12. The van der Waals surface area contributed by atoms with Gasteiger partial charge < -0.3 is 29.0 Å². The molecule has 0 fully saturated rings. The Labute approximate surface area is 272 Å². The summed E-state index contributed by atoms with van der Waals surface area (Å²) in [5, 5.41) is 1.74. The number of carbonyl (C=O) groups is 1. The SMILES string of the molecule is CC(C(CCCc1ccc(Oc2cccc(C(F)(F)F)c2)cc1Cl)(NC(=O)OC(C)(C)C)C(C)(C)C)C(C)(CO[SiH3])P(=O)(O)O. The number of carbonyl (C=O) groups excluding carboxylic acids is 1. The van der Waals surface area contributed by atoms with Crippen LogP contribution < -0.4 is 10.1 Å². The van der Waals surface area contributed by atoms with Gasteiger partial charge in [-0.25, -0.2) is 4.79 Å².